The van der Waals surface area contributed by atoms with Gasteiger partial charge in [-0.15, -0.1) is 0 Å². The molecule has 1 aliphatic rings. The summed E-state index contributed by atoms with van der Waals surface area (Å²) in [6.45, 7) is 4.01. The van der Waals surface area contributed by atoms with Crippen molar-refractivity contribution in [2.24, 2.45) is 0 Å². The molecule has 3 aromatic carbocycles. The zero-order valence-corrected chi connectivity index (χ0v) is 16.4. The summed E-state index contributed by atoms with van der Waals surface area (Å²) in [6.07, 6.45) is 0. The summed E-state index contributed by atoms with van der Waals surface area (Å²) in [4.78, 5) is 2.48. The van der Waals surface area contributed by atoms with Crippen LogP contribution in [0.1, 0.15) is 24.0 Å². The van der Waals surface area contributed by atoms with Crippen LogP contribution in [0.2, 0.25) is 0 Å². The molecule has 0 radical (unpaired) electrons. The van der Waals surface area contributed by atoms with Gasteiger partial charge in [-0.3, -0.25) is 0 Å². The lowest BCUT2D eigenvalue weighted by Crippen LogP contribution is -2.58. The van der Waals surface area contributed by atoms with E-state index in [9.17, 15) is 0 Å². The molecule has 0 bridgehead atoms. The molecule has 2 atom stereocenters. The highest BCUT2D eigenvalue weighted by Gasteiger charge is 2.35. The molecule has 4 aromatic rings. The SMILES string of the molecule is CC1CN(c2cccc3nonc23)C(C(c2ccccc2)c2ccccc2)CN1. The molecule has 1 N–H and O–H groups in total. The van der Waals surface area contributed by atoms with Gasteiger partial charge in [0.1, 0.15) is 5.52 Å². The van der Waals surface area contributed by atoms with E-state index in [1.165, 1.54) is 11.1 Å². The second-order valence-electron chi connectivity index (χ2n) is 7.74. The standard InChI is InChI=1S/C24H24N4O/c1-17-16-28(21-14-8-13-20-24(21)27-29-26-20)22(15-25-17)23(18-9-4-2-5-10-18)19-11-6-3-7-12-19/h2-14,17,22-23,25H,15-16H2,1H3. The monoisotopic (exact) mass is 384 g/mol. The fourth-order valence-electron chi connectivity index (χ4n) is 4.48. The molecule has 0 spiro atoms. The van der Waals surface area contributed by atoms with Crippen LogP contribution < -0.4 is 10.2 Å². The number of hydrogen-bond donors (Lipinski definition) is 1. The molecule has 2 unspecified atom stereocenters. The fourth-order valence-corrected chi connectivity index (χ4v) is 4.48. The quantitative estimate of drug-likeness (QED) is 0.571. The number of nitrogens with zero attached hydrogens (tertiary/aromatic N) is 3. The van der Waals surface area contributed by atoms with Crippen molar-refractivity contribution in [3.8, 4) is 0 Å². The second kappa shape index (κ2) is 7.68. The minimum absolute atomic E-state index is 0.229. The van der Waals surface area contributed by atoms with Crippen LogP contribution in [0.25, 0.3) is 11.0 Å². The van der Waals surface area contributed by atoms with Gasteiger partial charge in [-0.2, -0.15) is 0 Å². The molecule has 5 heteroatoms. The summed E-state index contributed by atoms with van der Waals surface area (Å²) in [5, 5.41) is 12.0. The van der Waals surface area contributed by atoms with Crippen LogP contribution in [0.5, 0.6) is 0 Å². The molecule has 0 amide bonds. The largest absolute Gasteiger partial charge is 0.363 e. The zero-order valence-electron chi connectivity index (χ0n) is 16.4. The molecule has 1 aliphatic heterocycles. The zero-order chi connectivity index (χ0) is 19.6. The molecule has 5 nitrogen and oxygen atoms in total. The molecule has 5 rings (SSSR count). The summed E-state index contributed by atoms with van der Waals surface area (Å²) in [5.41, 5.74) is 5.33. The van der Waals surface area contributed by atoms with Gasteiger partial charge in [0, 0.05) is 25.0 Å². The van der Waals surface area contributed by atoms with Crippen molar-refractivity contribution in [3.63, 3.8) is 0 Å². The first-order chi connectivity index (χ1) is 14.3. The van der Waals surface area contributed by atoms with Crippen molar-refractivity contribution in [1.29, 1.82) is 0 Å². The molecule has 1 aromatic heterocycles. The summed E-state index contributed by atoms with van der Waals surface area (Å²) in [5.74, 6) is 0.229. The van der Waals surface area contributed by atoms with Crippen molar-refractivity contribution < 1.29 is 4.63 Å². The van der Waals surface area contributed by atoms with E-state index in [0.717, 1.165) is 29.8 Å². The van der Waals surface area contributed by atoms with E-state index in [1.54, 1.807) is 0 Å². The normalized spacial score (nSPS) is 19.7. The highest BCUT2D eigenvalue weighted by atomic mass is 16.6. The lowest BCUT2D eigenvalue weighted by atomic mass is 9.82. The van der Waals surface area contributed by atoms with Gasteiger partial charge in [-0.05, 0) is 40.5 Å². The number of benzene rings is 3. The number of fused-ring (bicyclic) bond motifs is 1. The highest BCUT2D eigenvalue weighted by molar-refractivity contribution is 5.87. The van der Waals surface area contributed by atoms with E-state index in [4.69, 9.17) is 4.63 Å². The van der Waals surface area contributed by atoms with Crippen molar-refractivity contribution in [2.45, 2.75) is 24.9 Å². The summed E-state index contributed by atoms with van der Waals surface area (Å²) >= 11 is 0. The Hall–Kier alpha value is -3.18. The van der Waals surface area contributed by atoms with Crippen LogP contribution in [0.3, 0.4) is 0 Å². The van der Waals surface area contributed by atoms with E-state index in [-0.39, 0.29) is 12.0 Å². The van der Waals surface area contributed by atoms with Crippen molar-refractivity contribution >= 4 is 16.7 Å². The number of hydrogen-bond acceptors (Lipinski definition) is 5. The number of aromatic nitrogens is 2. The minimum atomic E-state index is 0.229. The van der Waals surface area contributed by atoms with E-state index < -0.39 is 0 Å². The number of rotatable bonds is 4. The summed E-state index contributed by atoms with van der Waals surface area (Å²) < 4.78 is 5.05. The van der Waals surface area contributed by atoms with Gasteiger partial charge in [0.05, 0.1) is 11.7 Å². The molecular weight excluding hydrogens is 360 g/mol. The number of piperazine rings is 1. The molecule has 1 fully saturated rings. The Morgan fingerprint density at radius 3 is 2.28 bits per heavy atom. The molecule has 0 aliphatic carbocycles. The Labute approximate surface area is 170 Å². The third-order valence-corrected chi connectivity index (χ3v) is 5.82. The first-order valence-electron chi connectivity index (χ1n) is 10.1. The molecule has 2 heterocycles. The van der Waals surface area contributed by atoms with Crippen LogP contribution in [-0.2, 0) is 0 Å². The topological polar surface area (TPSA) is 54.2 Å². The first kappa shape index (κ1) is 17.9. The van der Waals surface area contributed by atoms with Gasteiger partial charge in [-0.1, -0.05) is 66.7 Å². The van der Waals surface area contributed by atoms with Crippen LogP contribution in [0.4, 0.5) is 5.69 Å². The average Bonchev–Trinajstić information content (AvgIpc) is 3.26. The maximum absolute atomic E-state index is 5.05. The third kappa shape index (κ3) is 3.38. The lowest BCUT2D eigenvalue weighted by molar-refractivity contribution is 0.315. The van der Waals surface area contributed by atoms with Gasteiger partial charge in [0.25, 0.3) is 0 Å². The molecule has 29 heavy (non-hydrogen) atoms. The highest BCUT2D eigenvalue weighted by Crippen LogP contribution is 2.36. The van der Waals surface area contributed by atoms with Crippen LogP contribution in [0, 0.1) is 0 Å². The fraction of sp³-hybridized carbons (Fsp3) is 0.250. The summed E-state index contributed by atoms with van der Waals surface area (Å²) in [6, 6.07) is 28.3. The predicted molar refractivity (Wildman–Crippen MR) is 115 cm³/mol. The number of anilines is 1. The summed E-state index contributed by atoms with van der Waals surface area (Å²) in [7, 11) is 0. The Balaban J connectivity index is 1.64. The van der Waals surface area contributed by atoms with Crippen molar-refractivity contribution in [1.82, 2.24) is 15.6 Å². The van der Waals surface area contributed by atoms with Gasteiger partial charge >= 0.3 is 0 Å². The lowest BCUT2D eigenvalue weighted by Gasteiger charge is -2.45. The second-order valence-corrected chi connectivity index (χ2v) is 7.74. The Bertz CT molecular complexity index is 1040. The molecular formula is C24H24N4O. The Morgan fingerprint density at radius 1 is 0.897 bits per heavy atom. The van der Waals surface area contributed by atoms with E-state index in [2.05, 4.69) is 94.2 Å². The number of nitrogens with one attached hydrogen (secondary N) is 1. The van der Waals surface area contributed by atoms with Gasteiger partial charge in [-0.25, -0.2) is 4.63 Å². The third-order valence-electron chi connectivity index (χ3n) is 5.82. The maximum Gasteiger partial charge on any atom is 0.158 e. The Morgan fingerprint density at radius 2 is 1.59 bits per heavy atom. The minimum Gasteiger partial charge on any atom is -0.363 e. The van der Waals surface area contributed by atoms with Crippen LogP contribution >= 0.6 is 0 Å². The van der Waals surface area contributed by atoms with Crippen molar-refractivity contribution in [3.05, 3.63) is 90.0 Å². The van der Waals surface area contributed by atoms with Crippen LogP contribution in [-0.4, -0.2) is 35.5 Å². The smallest absolute Gasteiger partial charge is 0.158 e. The van der Waals surface area contributed by atoms with E-state index in [0.29, 0.717) is 6.04 Å². The first-order valence-corrected chi connectivity index (χ1v) is 10.1. The van der Waals surface area contributed by atoms with Crippen molar-refractivity contribution in [2.75, 3.05) is 18.0 Å². The molecule has 0 saturated carbocycles. The Kier molecular flexibility index (Phi) is 4.74. The maximum atomic E-state index is 5.05. The van der Waals surface area contributed by atoms with Gasteiger partial charge < -0.3 is 10.2 Å². The van der Waals surface area contributed by atoms with Crippen LogP contribution in [0.15, 0.2) is 83.5 Å². The van der Waals surface area contributed by atoms with Gasteiger partial charge in [0.2, 0.25) is 0 Å². The predicted octanol–water partition coefficient (Wildman–Crippen LogP) is 4.22. The average molecular weight is 384 g/mol. The van der Waals surface area contributed by atoms with E-state index >= 15 is 0 Å². The molecule has 146 valence electrons. The van der Waals surface area contributed by atoms with E-state index in [1.807, 2.05) is 12.1 Å². The molecule has 1 saturated heterocycles. The van der Waals surface area contributed by atoms with Gasteiger partial charge in [0.15, 0.2) is 5.52 Å².